The highest BCUT2D eigenvalue weighted by atomic mass is 32.2. The van der Waals surface area contributed by atoms with Crippen LogP contribution in [-0.4, -0.2) is 123 Å². The molecule has 2 amide bonds. The standard InChI is InChI=1S/C41H66N7O17P3S/c1-4-5-6-7-8-9-10-11-12-13-14-15-16-17-18-19-20-21-32(50)69-25-24-43-31(49)22-23-44-39(53)36(52)41(2,3)27-62-68(59,60)65-67(57,58)61-26-30-35(64-66(54,55)56)34(51)40(63-30)48-29-47-33-37(42)45-28-46-38(33)48/h8-9,11-12,14-15,17-18,28-30,34-36,40,51-52H,4-7,10,13,16,19-27H2,1-3H3,(H,43,49)(H,44,53)(H,57,58)(H,59,60)(H2,42,45,46)(H2,54,55,56)/b9-8-,12-11-,15-14-,18-17-/t30-,34-,35-,36?,40-/m1/s1. The Morgan fingerprint density at radius 1 is 0.884 bits per heavy atom. The molecular weight excluding hydrogens is 987 g/mol. The summed E-state index contributed by atoms with van der Waals surface area (Å²) < 4.78 is 62.4. The zero-order valence-corrected chi connectivity index (χ0v) is 42.3. The summed E-state index contributed by atoms with van der Waals surface area (Å²) in [5, 5.41) is 26.6. The van der Waals surface area contributed by atoms with Crippen LogP contribution in [0, 0.1) is 5.41 Å². The van der Waals surface area contributed by atoms with E-state index in [1.54, 1.807) is 0 Å². The molecule has 0 radical (unpaired) electrons. The molecule has 3 rings (SSSR count). The molecule has 1 aliphatic heterocycles. The van der Waals surface area contributed by atoms with Crippen molar-refractivity contribution in [3.05, 3.63) is 61.3 Å². The van der Waals surface area contributed by atoms with Crippen molar-refractivity contribution >= 4 is 69.1 Å². The fourth-order valence-electron chi connectivity index (χ4n) is 6.29. The molecule has 3 heterocycles. The van der Waals surface area contributed by atoms with Gasteiger partial charge in [-0.1, -0.05) is 94.0 Å². The Bertz CT molecular complexity index is 2220. The number of nitrogens with one attached hydrogen (secondary N) is 2. The molecule has 0 aliphatic carbocycles. The highest BCUT2D eigenvalue weighted by Gasteiger charge is 2.50. The zero-order valence-electron chi connectivity index (χ0n) is 38.8. The maximum Gasteiger partial charge on any atom is 0.481 e. The quantitative estimate of drug-likeness (QED) is 0.0263. The Morgan fingerprint density at radius 3 is 2.14 bits per heavy atom. The number of phosphoric ester groups is 3. The lowest BCUT2D eigenvalue weighted by Crippen LogP contribution is -2.46. The normalized spacial score (nSPS) is 20.3. The lowest BCUT2D eigenvalue weighted by atomic mass is 9.87. The van der Waals surface area contributed by atoms with Gasteiger partial charge >= 0.3 is 23.5 Å². The lowest BCUT2D eigenvalue weighted by molar-refractivity contribution is -0.137. The van der Waals surface area contributed by atoms with E-state index in [2.05, 4.69) is 90.0 Å². The van der Waals surface area contributed by atoms with Crippen LogP contribution in [0.5, 0.6) is 0 Å². The number of unbranched alkanes of at least 4 members (excludes halogenated alkanes) is 4. The van der Waals surface area contributed by atoms with Gasteiger partial charge < -0.3 is 50.9 Å². The first kappa shape index (κ1) is 59.8. The maximum absolute atomic E-state index is 12.7. The molecule has 0 bridgehead atoms. The van der Waals surface area contributed by atoms with Crippen molar-refractivity contribution in [2.45, 2.75) is 122 Å². The van der Waals surface area contributed by atoms with Crippen molar-refractivity contribution in [2.75, 3.05) is 37.8 Å². The molecule has 28 heteroatoms. The van der Waals surface area contributed by atoms with Crippen LogP contribution >= 0.6 is 35.2 Å². The Morgan fingerprint density at radius 2 is 1.51 bits per heavy atom. The minimum Gasteiger partial charge on any atom is -0.386 e. The minimum absolute atomic E-state index is 0.0112. The summed E-state index contributed by atoms with van der Waals surface area (Å²) in [6, 6.07) is 0. The molecule has 0 spiro atoms. The number of nitrogens with zero attached hydrogens (tertiary/aromatic N) is 4. The number of hydrogen-bond donors (Lipinski definition) is 9. The summed E-state index contributed by atoms with van der Waals surface area (Å²) in [5.74, 6) is -1.09. The largest absolute Gasteiger partial charge is 0.481 e. The second-order valence-corrected chi connectivity index (χ2v) is 21.7. The molecular formula is C41H66N7O17P3S. The summed E-state index contributed by atoms with van der Waals surface area (Å²) in [6.07, 6.45) is 19.7. The molecule has 0 aromatic carbocycles. The van der Waals surface area contributed by atoms with Crippen molar-refractivity contribution in [1.82, 2.24) is 30.2 Å². The highest BCUT2D eigenvalue weighted by Crippen LogP contribution is 2.61. The number of carbonyl (C=O) groups is 3. The summed E-state index contributed by atoms with van der Waals surface area (Å²) >= 11 is 1.11. The van der Waals surface area contributed by atoms with Crippen molar-refractivity contribution in [3.63, 3.8) is 0 Å². The number of hydrogen-bond acceptors (Lipinski definition) is 18. The third kappa shape index (κ3) is 22.6. The molecule has 69 heavy (non-hydrogen) atoms. The Hall–Kier alpha value is -3.48. The summed E-state index contributed by atoms with van der Waals surface area (Å²) in [6.45, 7) is 2.71. The van der Waals surface area contributed by atoms with Gasteiger partial charge in [0.15, 0.2) is 22.8 Å². The van der Waals surface area contributed by atoms with Gasteiger partial charge in [-0.3, -0.25) is 32.5 Å². The molecule has 1 aliphatic rings. The third-order valence-corrected chi connectivity index (χ3v) is 14.0. The molecule has 2 aromatic rings. The molecule has 1 saturated heterocycles. The number of phosphoric acid groups is 3. The molecule has 0 saturated carbocycles. The number of carbonyl (C=O) groups excluding carboxylic acids is 3. The topological polar surface area (TPSA) is 364 Å². The Kier molecular flexibility index (Phi) is 25.8. The number of nitrogen functional groups attached to an aromatic ring is 1. The molecule has 10 N–H and O–H groups in total. The van der Waals surface area contributed by atoms with E-state index >= 15 is 0 Å². The van der Waals surface area contributed by atoms with Gasteiger partial charge in [0.1, 0.15) is 36.3 Å². The highest BCUT2D eigenvalue weighted by molar-refractivity contribution is 8.13. The van der Waals surface area contributed by atoms with Crippen LogP contribution in [-0.2, 0) is 50.7 Å². The van der Waals surface area contributed by atoms with Crippen LogP contribution in [0.1, 0.15) is 97.6 Å². The first-order chi connectivity index (χ1) is 32.6. The monoisotopic (exact) mass is 1050 g/mol. The first-order valence-electron chi connectivity index (χ1n) is 22.2. The van der Waals surface area contributed by atoms with Gasteiger partial charge in [0.25, 0.3) is 0 Å². The second-order valence-electron chi connectivity index (χ2n) is 16.3. The molecule has 24 nitrogen and oxygen atoms in total. The number of aliphatic hydroxyl groups is 2. The molecule has 7 atom stereocenters. The summed E-state index contributed by atoms with van der Waals surface area (Å²) in [5.41, 5.74) is 4.27. The van der Waals surface area contributed by atoms with E-state index in [1.165, 1.54) is 33.1 Å². The van der Waals surface area contributed by atoms with E-state index in [0.29, 0.717) is 18.6 Å². The number of rotatable bonds is 33. The van der Waals surface area contributed by atoms with E-state index in [-0.39, 0.29) is 41.6 Å². The van der Waals surface area contributed by atoms with Crippen LogP contribution in [0.25, 0.3) is 11.2 Å². The van der Waals surface area contributed by atoms with Gasteiger partial charge in [0, 0.05) is 37.1 Å². The zero-order chi connectivity index (χ0) is 51.1. The lowest BCUT2D eigenvalue weighted by Gasteiger charge is -2.30. The predicted octanol–water partition coefficient (Wildman–Crippen LogP) is 4.81. The SMILES string of the molecule is CCCCC/C=C\C/C=C\C/C=C\C/C=C\CCCC(=O)SCCNC(=O)CCNC(=O)C(O)C(C)(C)COP(=O)(O)OP(=O)(O)OC[C@H]1O[C@@H](n2cnc3c(N)ncnc32)[C@H](O)[C@@H]1OP(=O)(O)O. The molecule has 2 aromatic heterocycles. The maximum atomic E-state index is 12.7. The fourth-order valence-corrected chi connectivity index (χ4v) is 9.84. The van der Waals surface area contributed by atoms with Gasteiger partial charge in [0.2, 0.25) is 11.8 Å². The number of allylic oxidation sites excluding steroid dienone is 8. The number of anilines is 1. The van der Waals surface area contributed by atoms with Crippen LogP contribution in [0.4, 0.5) is 5.82 Å². The smallest absolute Gasteiger partial charge is 0.386 e. The molecule has 3 unspecified atom stereocenters. The Labute approximate surface area is 405 Å². The van der Waals surface area contributed by atoms with Gasteiger partial charge in [-0.15, -0.1) is 0 Å². The van der Waals surface area contributed by atoms with Gasteiger partial charge in [-0.25, -0.2) is 28.6 Å². The predicted molar refractivity (Wildman–Crippen MR) is 256 cm³/mol. The third-order valence-electron chi connectivity index (χ3n) is 9.97. The number of nitrogens with two attached hydrogens (primary N) is 1. The number of ether oxygens (including phenoxy) is 1. The van der Waals surface area contributed by atoms with Crippen LogP contribution in [0.2, 0.25) is 0 Å². The number of aliphatic hydroxyl groups excluding tert-OH is 2. The number of fused-ring (bicyclic) bond motifs is 1. The van der Waals surface area contributed by atoms with E-state index in [4.69, 9.17) is 19.5 Å². The number of amides is 2. The number of thioether (sulfide) groups is 1. The van der Waals surface area contributed by atoms with E-state index in [0.717, 1.165) is 61.1 Å². The van der Waals surface area contributed by atoms with E-state index in [9.17, 15) is 57.9 Å². The van der Waals surface area contributed by atoms with Crippen LogP contribution in [0.3, 0.4) is 0 Å². The van der Waals surface area contributed by atoms with Crippen molar-refractivity contribution < 1.29 is 80.5 Å². The summed E-state index contributed by atoms with van der Waals surface area (Å²) in [7, 11) is -16.4. The molecule has 1 fully saturated rings. The second kappa shape index (κ2) is 29.8. The number of aromatic nitrogens is 4. The van der Waals surface area contributed by atoms with Crippen molar-refractivity contribution in [2.24, 2.45) is 5.41 Å². The summed E-state index contributed by atoms with van der Waals surface area (Å²) in [4.78, 5) is 88.3. The average molecular weight is 1050 g/mol. The minimum atomic E-state index is -5.58. The van der Waals surface area contributed by atoms with Gasteiger partial charge in [0.05, 0.1) is 19.5 Å². The van der Waals surface area contributed by atoms with E-state index < -0.39 is 84.6 Å². The van der Waals surface area contributed by atoms with E-state index in [1.807, 2.05) is 0 Å². The van der Waals surface area contributed by atoms with Crippen molar-refractivity contribution in [1.29, 1.82) is 0 Å². The van der Waals surface area contributed by atoms with Crippen molar-refractivity contribution in [3.8, 4) is 0 Å². The number of imidazole rings is 1. The van der Waals surface area contributed by atoms with Crippen LogP contribution < -0.4 is 16.4 Å². The Balaban J connectivity index is 1.31. The first-order valence-corrected chi connectivity index (χ1v) is 27.7. The van der Waals surface area contributed by atoms with Crippen LogP contribution in [0.15, 0.2) is 61.3 Å². The average Bonchev–Trinajstić information content (AvgIpc) is 3.84. The van der Waals surface area contributed by atoms with Gasteiger partial charge in [-0.2, -0.15) is 4.31 Å². The fraction of sp³-hybridized carbons (Fsp3) is 0.610. The van der Waals surface area contributed by atoms with Gasteiger partial charge in [-0.05, 0) is 44.9 Å². The molecule has 388 valence electrons.